The van der Waals surface area contributed by atoms with Crippen LogP contribution in [0.2, 0.25) is 5.02 Å². The first-order valence-corrected chi connectivity index (χ1v) is 8.46. The normalized spacial score (nSPS) is 23.1. The Morgan fingerprint density at radius 1 is 1.19 bits per heavy atom. The average molecular weight is 311 g/mol. The predicted octanol–water partition coefficient (Wildman–Crippen LogP) is 3.98. The molecule has 1 aliphatic heterocycles. The van der Waals surface area contributed by atoms with E-state index in [-0.39, 0.29) is 11.4 Å². The van der Waals surface area contributed by atoms with Crippen LogP contribution in [-0.4, -0.2) is 30.1 Å². The molecule has 3 rings (SSSR count). The van der Waals surface area contributed by atoms with Crippen LogP contribution in [0.3, 0.4) is 0 Å². The molecule has 4 heteroatoms. The zero-order valence-corrected chi connectivity index (χ0v) is 13.3. The molecule has 0 atom stereocenters. The van der Waals surface area contributed by atoms with Crippen LogP contribution >= 0.6 is 11.6 Å². The third-order valence-electron chi connectivity index (χ3n) is 4.89. The molecule has 1 aromatic carbocycles. The van der Waals surface area contributed by atoms with E-state index in [4.69, 9.17) is 11.6 Å². The lowest BCUT2D eigenvalue weighted by Crippen LogP contribution is -2.52. The second kappa shape index (κ2) is 6.64. The lowest BCUT2D eigenvalue weighted by Gasteiger charge is -2.40. The predicted molar refractivity (Wildman–Crippen MR) is 85.1 cm³/mol. The van der Waals surface area contributed by atoms with Gasteiger partial charge in [0.2, 0.25) is 0 Å². The molecule has 1 spiro atoms. The first kappa shape index (κ1) is 15.3. The Kier molecular flexibility index (Phi) is 4.82. The van der Waals surface area contributed by atoms with E-state index in [0.29, 0.717) is 11.6 Å². The smallest absolute Gasteiger partial charge is 0.127 e. The summed E-state index contributed by atoms with van der Waals surface area (Å²) in [5, 5.41) is 4.39. The Hall–Kier alpha value is -0.640. The molecule has 0 radical (unpaired) electrons. The zero-order chi connectivity index (χ0) is 14.7. The van der Waals surface area contributed by atoms with E-state index in [1.54, 1.807) is 12.1 Å². The maximum Gasteiger partial charge on any atom is 0.127 e. The lowest BCUT2D eigenvalue weighted by molar-refractivity contribution is 0.158. The van der Waals surface area contributed by atoms with Gasteiger partial charge in [0, 0.05) is 29.2 Å². The van der Waals surface area contributed by atoms with Crippen molar-refractivity contribution in [1.82, 2.24) is 10.2 Å². The van der Waals surface area contributed by atoms with E-state index >= 15 is 0 Å². The summed E-state index contributed by atoms with van der Waals surface area (Å²) in [7, 11) is 0. The molecule has 2 aliphatic rings. The molecule has 0 bridgehead atoms. The summed E-state index contributed by atoms with van der Waals surface area (Å²) in [6, 6.07) is 4.86. The second-order valence-electron chi connectivity index (χ2n) is 6.57. The van der Waals surface area contributed by atoms with Crippen LogP contribution in [-0.2, 0) is 6.54 Å². The summed E-state index contributed by atoms with van der Waals surface area (Å²) >= 11 is 6.01. The molecule has 1 aromatic rings. The maximum atomic E-state index is 14.0. The Bertz CT molecular complexity index is 486. The standard InChI is InChI=1S/C17H24ClFN2/c18-15-5-6-16(19)14(11-15)12-21-10-4-9-20-17(13-21)7-2-1-3-8-17/h5-6,11,20H,1-4,7-10,12-13H2. The van der Waals surface area contributed by atoms with Crippen LogP contribution in [0, 0.1) is 5.82 Å². The van der Waals surface area contributed by atoms with Gasteiger partial charge in [-0.3, -0.25) is 4.90 Å². The van der Waals surface area contributed by atoms with Crippen molar-refractivity contribution >= 4 is 11.6 Å². The van der Waals surface area contributed by atoms with Crippen molar-refractivity contribution in [2.45, 2.75) is 50.6 Å². The van der Waals surface area contributed by atoms with Gasteiger partial charge in [-0.1, -0.05) is 30.9 Å². The van der Waals surface area contributed by atoms with Gasteiger partial charge in [0.1, 0.15) is 5.82 Å². The fourth-order valence-electron chi connectivity index (χ4n) is 3.82. The number of halogens is 2. The summed E-state index contributed by atoms with van der Waals surface area (Å²) in [4.78, 5) is 2.40. The first-order chi connectivity index (χ1) is 10.2. The third kappa shape index (κ3) is 3.77. The van der Waals surface area contributed by atoms with Crippen molar-refractivity contribution in [3.05, 3.63) is 34.6 Å². The molecule has 1 aliphatic carbocycles. The lowest BCUT2D eigenvalue weighted by atomic mass is 9.81. The van der Waals surface area contributed by atoms with Crippen molar-refractivity contribution in [1.29, 1.82) is 0 Å². The van der Waals surface area contributed by atoms with E-state index < -0.39 is 0 Å². The van der Waals surface area contributed by atoms with Crippen LogP contribution in [0.5, 0.6) is 0 Å². The van der Waals surface area contributed by atoms with Crippen molar-refractivity contribution < 1.29 is 4.39 Å². The Morgan fingerprint density at radius 2 is 2.00 bits per heavy atom. The molecule has 116 valence electrons. The molecular weight excluding hydrogens is 287 g/mol. The van der Waals surface area contributed by atoms with Crippen LogP contribution in [0.15, 0.2) is 18.2 Å². The highest BCUT2D eigenvalue weighted by molar-refractivity contribution is 6.30. The Labute approximate surface area is 131 Å². The zero-order valence-electron chi connectivity index (χ0n) is 12.5. The molecule has 0 amide bonds. The SMILES string of the molecule is Fc1ccc(Cl)cc1CN1CCCNC2(CCCCC2)C1. The molecule has 1 N–H and O–H groups in total. The molecule has 21 heavy (non-hydrogen) atoms. The fourth-order valence-corrected chi connectivity index (χ4v) is 4.02. The molecule has 1 saturated carbocycles. The van der Waals surface area contributed by atoms with E-state index in [2.05, 4.69) is 10.2 Å². The number of hydrogen-bond acceptors (Lipinski definition) is 2. The number of benzene rings is 1. The minimum absolute atomic E-state index is 0.144. The van der Waals surface area contributed by atoms with E-state index in [1.807, 2.05) is 0 Å². The van der Waals surface area contributed by atoms with Crippen molar-refractivity contribution in [3.8, 4) is 0 Å². The Morgan fingerprint density at radius 3 is 2.81 bits per heavy atom. The number of hydrogen-bond donors (Lipinski definition) is 1. The van der Waals surface area contributed by atoms with Crippen LogP contribution in [0.25, 0.3) is 0 Å². The monoisotopic (exact) mass is 310 g/mol. The van der Waals surface area contributed by atoms with Gasteiger partial charge < -0.3 is 5.32 Å². The summed E-state index contributed by atoms with van der Waals surface area (Å²) < 4.78 is 14.0. The van der Waals surface area contributed by atoms with Crippen molar-refractivity contribution in [2.24, 2.45) is 0 Å². The minimum Gasteiger partial charge on any atom is -0.310 e. The molecule has 2 nitrogen and oxygen atoms in total. The van der Waals surface area contributed by atoms with Gasteiger partial charge in [-0.05, 0) is 50.6 Å². The largest absolute Gasteiger partial charge is 0.310 e. The molecule has 2 fully saturated rings. The van der Waals surface area contributed by atoms with E-state index in [0.717, 1.165) is 31.6 Å². The van der Waals surface area contributed by atoms with Gasteiger partial charge in [-0.25, -0.2) is 4.39 Å². The van der Waals surface area contributed by atoms with Crippen LogP contribution in [0.1, 0.15) is 44.1 Å². The molecule has 1 heterocycles. The Balaban J connectivity index is 1.73. The number of nitrogens with zero attached hydrogens (tertiary/aromatic N) is 1. The van der Waals surface area contributed by atoms with E-state index in [1.165, 1.54) is 38.2 Å². The van der Waals surface area contributed by atoms with Crippen LogP contribution < -0.4 is 5.32 Å². The minimum atomic E-state index is -0.144. The maximum absolute atomic E-state index is 14.0. The molecule has 0 unspecified atom stereocenters. The highest BCUT2D eigenvalue weighted by Gasteiger charge is 2.34. The van der Waals surface area contributed by atoms with Gasteiger partial charge in [0.25, 0.3) is 0 Å². The second-order valence-corrected chi connectivity index (χ2v) is 7.00. The van der Waals surface area contributed by atoms with Gasteiger partial charge in [0.05, 0.1) is 0 Å². The molecular formula is C17H24ClFN2. The van der Waals surface area contributed by atoms with Gasteiger partial charge in [0.15, 0.2) is 0 Å². The van der Waals surface area contributed by atoms with Crippen molar-refractivity contribution in [3.63, 3.8) is 0 Å². The summed E-state index contributed by atoms with van der Waals surface area (Å²) in [6.45, 7) is 3.80. The molecule has 0 aromatic heterocycles. The van der Waals surface area contributed by atoms with Crippen LogP contribution in [0.4, 0.5) is 4.39 Å². The summed E-state index contributed by atoms with van der Waals surface area (Å²) in [6.07, 6.45) is 7.61. The summed E-state index contributed by atoms with van der Waals surface area (Å²) in [5.74, 6) is -0.144. The fraction of sp³-hybridized carbons (Fsp3) is 0.647. The molecule has 1 saturated heterocycles. The van der Waals surface area contributed by atoms with Crippen molar-refractivity contribution in [2.75, 3.05) is 19.6 Å². The highest BCUT2D eigenvalue weighted by atomic mass is 35.5. The van der Waals surface area contributed by atoms with E-state index in [9.17, 15) is 4.39 Å². The topological polar surface area (TPSA) is 15.3 Å². The van der Waals surface area contributed by atoms with Gasteiger partial charge >= 0.3 is 0 Å². The number of rotatable bonds is 2. The van der Waals surface area contributed by atoms with Gasteiger partial charge in [-0.15, -0.1) is 0 Å². The first-order valence-electron chi connectivity index (χ1n) is 8.08. The van der Waals surface area contributed by atoms with Gasteiger partial charge in [-0.2, -0.15) is 0 Å². The number of nitrogens with one attached hydrogen (secondary N) is 1. The third-order valence-corrected chi connectivity index (χ3v) is 5.12. The highest BCUT2D eigenvalue weighted by Crippen LogP contribution is 2.31. The average Bonchev–Trinajstić information content (AvgIpc) is 2.66. The summed E-state index contributed by atoms with van der Waals surface area (Å²) in [5.41, 5.74) is 0.972. The quantitative estimate of drug-likeness (QED) is 0.889.